The van der Waals surface area contributed by atoms with E-state index in [2.05, 4.69) is 16.0 Å². The van der Waals surface area contributed by atoms with E-state index in [0.717, 1.165) is 84.9 Å². The van der Waals surface area contributed by atoms with Crippen molar-refractivity contribution in [2.75, 3.05) is 33.3 Å². The number of ether oxygens (including phenoxy) is 1. The van der Waals surface area contributed by atoms with Crippen LogP contribution in [0.5, 0.6) is 5.75 Å². The minimum Gasteiger partial charge on any atom is -0.496 e. The molecule has 0 unspecified atom stereocenters. The Morgan fingerprint density at radius 1 is 1.15 bits per heavy atom. The predicted molar refractivity (Wildman–Crippen MR) is 129 cm³/mol. The summed E-state index contributed by atoms with van der Waals surface area (Å²) in [6.45, 7) is 5.97. The zero-order valence-corrected chi connectivity index (χ0v) is 19.5. The maximum atomic E-state index is 13.1. The van der Waals surface area contributed by atoms with Crippen molar-refractivity contribution in [3.8, 4) is 5.75 Å². The van der Waals surface area contributed by atoms with Gasteiger partial charge in [-0.15, -0.1) is 0 Å². The Balaban J connectivity index is 1.30. The molecule has 5 rings (SSSR count). The van der Waals surface area contributed by atoms with Crippen LogP contribution in [-0.2, 0) is 24.2 Å². The second kappa shape index (κ2) is 9.40. The lowest BCUT2D eigenvalue weighted by molar-refractivity contribution is -0.127. The van der Waals surface area contributed by atoms with Gasteiger partial charge in [-0.2, -0.15) is 0 Å². The Kier molecular flexibility index (Phi) is 6.18. The zero-order chi connectivity index (χ0) is 22.8. The molecule has 1 saturated heterocycles. The van der Waals surface area contributed by atoms with Gasteiger partial charge in [-0.3, -0.25) is 14.7 Å². The molecule has 0 atom stereocenters. The molecule has 0 N–H and O–H groups in total. The molecule has 0 spiro atoms. The lowest BCUT2D eigenvalue weighted by Gasteiger charge is -2.34. The van der Waals surface area contributed by atoms with Gasteiger partial charge in [0.05, 0.1) is 12.8 Å². The van der Waals surface area contributed by atoms with E-state index in [-0.39, 0.29) is 5.91 Å². The summed E-state index contributed by atoms with van der Waals surface area (Å²) in [6.07, 6.45) is 8.01. The molecule has 3 aromatic rings. The van der Waals surface area contributed by atoms with Crippen LogP contribution in [0.3, 0.4) is 0 Å². The average molecular weight is 446 g/mol. The normalized spacial score (nSPS) is 17.3. The third kappa shape index (κ3) is 4.53. The summed E-state index contributed by atoms with van der Waals surface area (Å²) >= 11 is 0. The van der Waals surface area contributed by atoms with E-state index >= 15 is 0 Å². The summed E-state index contributed by atoms with van der Waals surface area (Å²) in [7, 11) is 1.67. The number of carbonyl (C=O) groups excluding carboxylic acids is 1. The number of aromatic nitrogens is 1. The minimum absolute atomic E-state index is 0.0568. The van der Waals surface area contributed by atoms with Crippen LogP contribution >= 0.6 is 0 Å². The van der Waals surface area contributed by atoms with Crippen LogP contribution in [0.15, 0.2) is 47.0 Å². The first-order valence-electron chi connectivity index (χ1n) is 11.8. The molecule has 33 heavy (non-hydrogen) atoms. The number of hydrogen-bond acceptors (Lipinski definition) is 5. The van der Waals surface area contributed by atoms with Crippen molar-refractivity contribution >= 4 is 22.4 Å². The molecule has 1 aliphatic carbocycles. The van der Waals surface area contributed by atoms with Gasteiger partial charge in [-0.25, -0.2) is 0 Å². The average Bonchev–Trinajstić information content (AvgIpc) is 3.21. The van der Waals surface area contributed by atoms with Gasteiger partial charge in [-0.1, -0.05) is 6.07 Å². The smallest absolute Gasteiger partial charge is 0.246 e. The number of fused-ring (bicyclic) bond motifs is 3. The van der Waals surface area contributed by atoms with E-state index in [1.54, 1.807) is 13.2 Å². The molecular formula is C27H31N3O3. The summed E-state index contributed by atoms with van der Waals surface area (Å²) in [4.78, 5) is 21.7. The molecule has 1 amide bonds. The highest BCUT2D eigenvalue weighted by Gasteiger charge is 2.22. The Morgan fingerprint density at radius 3 is 2.73 bits per heavy atom. The molecule has 1 aliphatic heterocycles. The van der Waals surface area contributed by atoms with E-state index in [4.69, 9.17) is 9.15 Å². The van der Waals surface area contributed by atoms with Gasteiger partial charge >= 0.3 is 0 Å². The number of amides is 1. The summed E-state index contributed by atoms with van der Waals surface area (Å²) in [5, 5.41) is 1.16. The number of benzene rings is 1. The number of nitrogens with zero attached hydrogens (tertiary/aromatic N) is 3. The van der Waals surface area contributed by atoms with E-state index in [0.29, 0.717) is 0 Å². The second-order valence-corrected chi connectivity index (χ2v) is 9.01. The van der Waals surface area contributed by atoms with Crippen LogP contribution in [0.25, 0.3) is 16.5 Å². The highest BCUT2D eigenvalue weighted by Crippen LogP contribution is 2.37. The van der Waals surface area contributed by atoms with Gasteiger partial charge < -0.3 is 14.1 Å². The molecule has 172 valence electrons. The topological polar surface area (TPSA) is 58.8 Å². The van der Waals surface area contributed by atoms with Crippen molar-refractivity contribution in [1.82, 2.24) is 14.8 Å². The Labute approximate surface area is 194 Å². The Morgan fingerprint density at radius 2 is 1.97 bits per heavy atom. The third-order valence-corrected chi connectivity index (χ3v) is 6.84. The van der Waals surface area contributed by atoms with Gasteiger partial charge in [0, 0.05) is 74.0 Å². The number of methoxy groups -OCH3 is 1. The molecule has 1 fully saturated rings. The monoisotopic (exact) mass is 445 g/mol. The zero-order valence-electron chi connectivity index (χ0n) is 19.5. The highest BCUT2D eigenvalue weighted by atomic mass is 16.5. The van der Waals surface area contributed by atoms with Crippen LogP contribution in [0.1, 0.15) is 42.3 Å². The van der Waals surface area contributed by atoms with Crippen molar-refractivity contribution in [2.45, 2.75) is 39.2 Å². The number of carbonyl (C=O) groups is 1. The van der Waals surface area contributed by atoms with Crippen LogP contribution in [-0.4, -0.2) is 54.0 Å². The summed E-state index contributed by atoms with van der Waals surface area (Å²) in [6, 6.07) is 10.1. The molecule has 1 aromatic carbocycles. The van der Waals surface area contributed by atoms with Gasteiger partial charge in [0.15, 0.2) is 0 Å². The standard InChI is InChI=1S/C27H31N3O3/c1-19(15-27(31)30-13-11-29(12-14-30)18-20-7-5-6-10-28-20)22-16-23-21-8-3-4-9-24(21)33-26(23)17-25(22)32-2/h5-7,10,15-17H,3-4,8-9,11-14,18H2,1-2H3/b19-15+. The first kappa shape index (κ1) is 21.7. The maximum absolute atomic E-state index is 13.1. The van der Waals surface area contributed by atoms with Crippen molar-refractivity contribution < 1.29 is 13.9 Å². The molecule has 0 radical (unpaired) electrons. The van der Waals surface area contributed by atoms with E-state index < -0.39 is 0 Å². The molecule has 6 nitrogen and oxygen atoms in total. The second-order valence-electron chi connectivity index (χ2n) is 9.01. The quantitative estimate of drug-likeness (QED) is 0.543. The maximum Gasteiger partial charge on any atom is 0.246 e. The van der Waals surface area contributed by atoms with E-state index in [1.165, 1.54) is 18.4 Å². The summed E-state index contributed by atoms with van der Waals surface area (Å²) < 4.78 is 11.8. The number of piperazine rings is 1. The number of allylic oxidation sites excluding steroid dienone is 1. The fraction of sp³-hybridized carbons (Fsp3) is 0.407. The molecule has 2 aliphatic rings. The van der Waals surface area contributed by atoms with Gasteiger partial charge in [0.2, 0.25) is 5.91 Å². The number of hydrogen-bond donors (Lipinski definition) is 0. The van der Waals surface area contributed by atoms with E-state index in [9.17, 15) is 4.79 Å². The first-order chi connectivity index (χ1) is 16.1. The SMILES string of the molecule is COc1cc2oc3c(c2cc1/C(C)=C/C(=O)N1CCN(Cc2ccccn2)CC1)CCCC3. The minimum atomic E-state index is 0.0568. The Hall–Kier alpha value is -3.12. The van der Waals surface area contributed by atoms with Gasteiger partial charge in [0.1, 0.15) is 17.1 Å². The molecule has 3 heterocycles. The molecule has 0 saturated carbocycles. The molecule has 0 bridgehead atoms. The van der Waals surface area contributed by atoms with Crippen molar-refractivity contribution in [3.63, 3.8) is 0 Å². The van der Waals surface area contributed by atoms with Gasteiger partial charge in [0.25, 0.3) is 0 Å². The van der Waals surface area contributed by atoms with Crippen LogP contribution in [0, 0.1) is 0 Å². The largest absolute Gasteiger partial charge is 0.496 e. The lowest BCUT2D eigenvalue weighted by atomic mass is 9.94. The summed E-state index contributed by atoms with van der Waals surface area (Å²) in [5.74, 6) is 1.91. The molecule has 2 aromatic heterocycles. The summed E-state index contributed by atoms with van der Waals surface area (Å²) in [5.41, 5.74) is 5.15. The number of furan rings is 1. The van der Waals surface area contributed by atoms with E-state index in [1.807, 2.05) is 42.3 Å². The Bertz CT molecular complexity index is 1170. The predicted octanol–water partition coefficient (Wildman–Crippen LogP) is 4.46. The van der Waals surface area contributed by atoms with Gasteiger partial charge in [-0.05, 0) is 50.0 Å². The first-order valence-corrected chi connectivity index (χ1v) is 11.8. The molecular weight excluding hydrogens is 414 g/mol. The van der Waals surface area contributed by atoms with Crippen molar-refractivity contribution in [1.29, 1.82) is 0 Å². The van der Waals surface area contributed by atoms with Crippen molar-refractivity contribution in [2.24, 2.45) is 0 Å². The number of rotatable bonds is 5. The van der Waals surface area contributed by atoms with Crippen LogP contribution in [0.2, 0.25) is 0 Å². The molecule has 6 heteroatoms. The fourth-order valence-corrected chi connectivity index (χ4v) is 4.97. The fourth-order valence-electron chi connectivity index (χ4n) is 4.97. The lowest BCUT2D eigenvalue weighted by Crippen LogP contribution is -2.47. The number of pyridine rings is 1. The third-order valence-electron chi connectivity index (χ3n) is 6.84. The van der Waals surface area contributed by atoms with Crippen LogP contribution < -0.4 is 4.74 Å². The van der Waals surface area contributed by atoms with Crippen LogP contribution in [0.4, 0.5) is 0 Å². The number of aryl methyl sites for hydroxylation is 2. The van der Waals surface area contributed by atoms with Crippen molar-refractivity contribution in [3.05, 3.63) is 65.2 Å². The highest BCUT2D eigenvalue weighted by molar-refractivity contribution is 5.97.